The lowest BCUT2D eigenvalue weighted by Gasteiger charge is -2.41. The second-order valence-corrected chi connectivity index (χ2v) is 6.16. The fourth-order valence-corrected chi connectivity index (χ4v) is 2.68. The molecule has 1 saturated heterocycles. The number of rotatable bonds is 5. The van der Waals surface area contributed by atoms with Gasteiger partial charge in [-0.1, -0.05) is 17.7 Å². The Balaban J connectivity index is 1.85. The van der Waals surface area contributed by atoms with Gasteiger partial charge in [0.2, 0.25) is 0 Å². The standard InChI is InChI=1S/C15H22ClFN2O/c1-15(2,19-5-7-20-8-6-19)11-18-10-12-3-4-13(17)9-14(12)16/h3-4,9,18H,5-8,10-11H2,1-2H3. The van der Waals surface area contributed by atoms with Crippen LogP contribution >= 0.6 is 11.6 Å². The zero-order valence-electron chi connectivity index (χ0n) is 12.1. The van der Waals surface area contributed by atoms with E-state index in [0.29, 0.717) is 11.6 Å². The highest BCUT2D eigenvalue weighted by molar-refractivity contribution is 6.31. The Kier molecular flexibility index (Phi) is 5.38. The van der Waals surface area contributed by atoms with Gasteiger partial charge < -0.3 is 10.1 Å². The van der Waals surface area contributed by atoms with E-state index in [-0.39, 0.29) is 11.4 Å². The summed E-state index contributed by atoms with van der Waals surface area (Å²) in [5, 5.41) is 3.88. The summed E-state index contributed by atoms with van der Waals surface area (Å²) in [4.78, 5) is 2.43. The summed E-state index contributed by atoms with van der Waals surface area (Å²) in [6.07, 6.45) is 0. The van der Waals surface area contributed by atoms with Gasteiger partial charge in [0.25, 0.3) is 0 Å². The second kappa shape index (κ2) is 6.85. The highest BCUT2D eigenvalue weighted by Crippen LogP contribution is 2.18. The van der Waals surface area contributed by atoms with Gasteiger partial charge in [-0.25, -0.2) is 4.39 Å². The smallest absolute Gasteiger partial charge is 0.124 e. The molecule has 1 aromatic carbocycles. The number of benzene rings is 1. The Hall–Kier alpha value is -0.680. The summed E-state index contributed by atoms with van der Waals surface area (Å²) < 4.78 is 18.4. The molecular formula is C15H22ClFN2O. The lowest BCUT2D eigenvalue weighted by atomic mass is 10.0. The first-order chi connectivity index (χ1) is 9.49. The molecule has 0 spiro atoms. The van der Waals surface area contributed by atoms with Gasteiger partial charge in [-0.2, -0.15) is 0 Å². The van der Waals surface area contributed by atoms with Crippen molar-refractivity contribution in [2.24, 2.45) is 0 Å². The van der Waals surface area contributed by atoms with E-state index in [1.807, 2.05) is 0 Å². The molecule has 3 nitrogen and oxygen atoms in total. The van der Waals surface area contributed by atoms with Gasteiger partial charge in [-0.15, -0.1) is 0 Å². The third kappa shape index (κ3) is 4.16. The quantitative estimate of drug-likeness (QED) is 0.905. The number of morpholine rings is 1. The number of nitrogens with one attached hydrogen (secondary N) is 1. The number of nitrogens with zero attached hydrogens (tertiary/aromatic N) is 1. The molecule has 0 aromatic heterocycles. The van der Waals surface area contributed by atoms with E-state index in [2.05, 4.69) is 24.1 Å². The van der Waals surface area contributed by atoms with E-state index >= 15 is 0 Å². The third-order valence-electron chi connectivity index (χ3n) is 3.76. The predicted octanol–water partition coefficient (Wildman–Crippen LogP) is 2.68. The van der Waals surface area contributed by atoms with E-state index in [9.17, 15) is 4.39 Å². The molecule has 1 N–H and O–H groups in total. The molecule has 0 aliphatic carbocycles. The summed E-state index contributed by atoms with van der Waals surface area (Å²) in [6, 6.07) is 4.52. The molecule has 1 fully saturated rings. The van der Waals surface area contributed by atoms with Crippen LogP contribution in [0.5, 0.6) is 0 Å². The first kappa shape index (κ1) is 15.7. The molecule has 0 saturated carbocycles. The van der Waals surface area contributed by atoms with E-state index < -0.39 is 0 Å². The molecule has 5 heteroatoms. The topological polar surface area (TPSA) is 24.5 Å². The van der Waals surface area contributed by atoms with Crippen molar-refractivity contribution in [1.82, 2.24) is 10.2 Å². The zero-order chi connectivity index (χ0) is 14.6. The van der Waals surface area contributed by atoms with Gasteiger partial charge in [0, 0.05) is 36.7 Å². The maximum Gasteiger partial charge on any atom is 0.124 e. The van der Waals surface area contributed by atoms with Gasteiger partial charge in [0.05, 0.1) is 13.2 Å². The summed E-state index contributed by atoms with van der Waals surface area (Å²) in [5.41, 5.74) is 0.988. The summed E-state index contributed by atoms with van der Waals surface area (Å²) in [5.74, 6) is -0.299. The number of ether oxygens (including phenoxy) is 1. The molecule has 0 atom stereocenters. The van der Waals surface area contributed by atoms with Crippen molar-refractivity contribution < 1.29 is 9.13 Å². The van der Waals surface area contributed by atoms with Crippen LogP contribution in [0.15, 0.2) is 18.2 Å². The molecule has 20 heavy (non-hydrogen) atoms. The predicted molar refractivity (Wildman–Crippen MR) is 79.6 cm³/mol. The minimum atomic E-state index is -0.299. The lowest BCUT2D eigenvalue weighted by Crippen LogP contribution is -2.54. The van der Waals surface area contributed by atoms with Crippen LogP contribution in [-0.2, 0) is 11.3 Å². The highest BCUT2D eigenvalue weighted by atomic mass is 35.5. The second-order valence-electron chi connectivity index (χ2n) is 5.75. The normalized spacial score (nSPS) is 17.4. The van der Waals surface area contributed by atoms with Crippen molar-refractivity contribution in [2.45, 2.75) is 25.9 Å². The average Bonchev–Trinajstić information content (AvgIpc) is 2.42. The van der Waals surface area contributed by atoms with Crippen LogP contribution in [0.4, 0.5) is 4.39 Å². The fourth-order valence-electron chi connectivity index (χ4n) is 2.45. The monoisotopic (exact) mass is 300 g/mol. The Morgan fingerprint density at radius 3 is 2.70 bits per heavy atom. The molecule has 0 amide bonds. The fraction of sp³-hybridized carbons (Fsp3) is 0.600. The van der Waals surface area contributed by atoms with Crippen molar-refractivity contribution in [2.75, 3.05) is 32.8 Å². The molecule has 112 valence electrons. The minimum absolute atomic E-state index is 0.0658. The molecule has 1 aliphatic rings. The van der Waals surface area contributed by atoms with Crippen LogP contribution in [0.25, 0.3) is 0 Å². The molecule has 2 rings (SSSR count). The summed E-state index contributed by atoms with van der Waals surface area (Å²) in [6.45, 7) is 9.46. The number of halogens is 2. The van der Waals surface area contributed by atoms with Crippen LogP contribution in [0.2, 0.25) is 5.02 Å². The largest absolute Gasteiger partial charge is 0.379 e. The van der Waals surface area contributed by atoms with Crippen LogP contribution < -0.4 is 5.32 Å². The molecule has 1 aliphatic heterocycles. The van der Waals surface area contributed by atoms with Crippen LogP contribution in [0.1, 0.15) is 19.4 Å². The van der Waals surface area contributed by atoms with E-state index in [4.69, 9.17) is 16.3 Å². The first-order valence-electron chi connectivity index (χ1n) is 6.96. The Morgan fingerprint density at radius 2 is 2.05 bits per heavy atom. The average molecular weight is 301 g/mol. The zero-order valence-corrected chi connectivity index (χ0v) is 12.8. The van der Waals surface area contributed by atoms with Crippen LogP contribution in [-0.4, -0.2) is 43.3 Å². The molecule has 0 bridgehead atoms. The van der Waals surface area contributed by atoms with Crippen LogP contribution in [0.3, 0.4) is 0 Å². The molecule has 1 heterocycles. The number of hydrogen-bond donors (Lipinski definition) is 1. The lowest BCUT2D eigenvalue weighted by molar-refractivity contribution is -0.00966. The summed E-state index contributed by atoms with van der Waals surface area (Å²) in [7, 11) is 0. The van der Waals surface area contributed by atoms with Crippen molar-refractivity contribution >= 4 is 11.6 Å². The maximum absolute atomic E-state index is 13.0. The minimum Gasteiger partial charge on any atom is -0.379 e. The van der Waals surface area contributed by atoms with Crippen molar-refractivity contribution in [1.29, 1.82) is 0 Å². The molecule has 0 unspecified atom stereocenters. The first-order valence-corrected chi connectivity index (χ1v) is 7.34. The Labute approximate surface area is 125 Å². The van der Waals surface area contributed by atoms with E-state index in [1.165, 1.54) is 12.1 Å². The number of hydrogen-bond acceptors (Lipinski definition) is 3. The highest BCUT2D eigenvalue weighted by Gasteiger charge is 2.27. The molecule has 1 aromatic rings. The van der Waals surface area contributed by atoms with E-state index in [0.717, 1.165) is 38.4 Å². The van der Waals surface area contributed by atoms with Gasteiger partial charge in [-0.3, -0.25) is 4.90 Å². The van der Waals surface area contributed by atoms with Gasteiger partial charge in [0.1, 0.15) is 5.82 Å². The van der Waals surface area contributed by atoms with E-state index in [1.54, 1.807) is 6.07 Å². The molecular weight excluding hydrogens is 279 g/mol. The van der Waals surface area contributed by atoms with Crippen LogP contribution in [0, 0.1) is 5.82 Å². The SMILES string of the molecule is CC(C)(CNCc1ccc(F)cc1Cl)N1CCOCC1. The Bertz CT molecular complexity index is 447. The van der Waals surface area contributed by atoms with Gasteiger partial charge >= 0.3 is 0 Å². The van der Waals surface area contributed by atoms with Gasteiger partial charge in [0.15, 0.2) is 0 Å². The van der Waals surface area contributed by atoms with Crippen molar-refractivity contribution in [3.05, 3.63) is 34.6 Å². The third-order valence-corrected chi connectivity index (χ3v) is 4.11. The summed E-state index contributed by atoms with van der Waals surface area (Å²) >= 11 is 6.02. The van der Waals surface area contributed by atoms with Crippen molar-refractivity contribution in [3.8, 4) is 0 Å². The van der Waals surface area contributed by atoms with Gasteiger partial charge in [-0.05, 0) is 31.5 Å². The Morgan fingerprint density at radius 1 is 1.35 bits per heavy atom. The molecule has 0 radical (unpaired) electrons. The van der Waals surface area contributed by atoms with Crippen molar-refractivity contribution in [3.63, 3.8) is 0 Å². The maximum atomic E-state index is 13.0.